The Morgan fingerprint density at radius 2 is 1.95 bits per heavy atom. The van der Waals surface area contributed by atoms with E-state index in [9.17, 15) is 0 Å². The fraction of sp³-hybridized carbons (Fsp3) is 0.294. The molecule has 1 saturated heterocycles. The Balaban J connectivity index is 1.77. The lowest BCUT2D eigenvalue weighted by atomic mass is 10.0. The van der Waals surface area contributed by atoms with Crippen LogP contribution in [-0.2, 0) is 11.4 Å². The van der Waals surface area contributed by atoms with Crippen LogP contribution in [0.15, 0.2) is 48.5 Å². The molecule has 2 aromatic carbocycles. The first-order valence-corrected chi connectivity index (χ1v) is 7.42. The molecule has 0 bridgehead atoms. The van der Waals surface area contributed by atoms with E-state index < -0.39 is 0 Å². The number of hydrogen-bond donors (Lipinski definition) is 0. The minimum Gasteiger partial charge on any atom is -0.497 e. The summed E-state index contributed by atoms with van der Waals surface area (Å²) < 4.78 is 5.21. The average Bonchev–Trinajstić information content (AvgIpc) is 2.98. The summed E-state index contributed by atoms with van der Waals surface area (Å²) in [4.78, 5) is 5.78. The number of halogens is 1. The van der Waals surface area contributed by atoms with Crippen molar-refractivity contribution < 1.29 is 9.57 Å². The van der Waals surface area contributed by atoms with Gasteiger partial charge in [-0.05, 0) is 35.7 Å². The average molecular weight is 304 g/mol. The van der Waals surface area contributed by atoms with Crippen molar-refractivity contribution in [2.45, 2.75) is 19.0 Å². The van der Waals surface area contributed by atoms with Gasteiger partial charge in [-0.3, -0.25) is 4.84 Å². The molecule has 1 heterocycles. The Morgan fingerprint density at radius 1 is 1.19 bits per heavy atom. The predicted molar refractivity (Wildman–Crippen MR) is 83.3 cm³/mol. The normalized spacial score (nSPS) is 18.9. The Labute approximate surface area is 130 Å². The topological polar surface area (TPSA) is 21.7 Å². The molecule has 21 heavy (non-hydrogen) atoms. The summed E-state index contributed by atoms with van der Waals surface area (Å²) in [5.74, 6) is 0.871. The molecule has 1 aliphatic heterocycles. The van der Waals surface area contributed by atoms with Crippen LogP contribution >= 0.6 is 11.6 Å². The van der Waals surface area contributed by atoms with Crippen LogP contribution in [0.25, 0.3) is 0 Å². The first-order valence-electron chi connectivity index (χ1n) is 7.05. The molecule has 0 spiro atoms. The zero-order chi connectivity index (χ0) is 14.7. The molecule has 1 unspecified atom stereocenters. The van der Waals surface area contributed by atoms with Gasteiger partial charge in [0.05, 0.1) is 26.3 Å². The molecule has 0 amide bonds. The Kier molecular flexibility index (Phi) is 4.44. The van der Waals surface area contributed by atoms with E-state index in [1.165, 1.54) is 5.56 Å². The Morgan fingerprint density at radius 3 is 2.67 bits per heavy atom. The van der Waals surface area contributed by atoms with Gasteiger partial charge in [-0.2, -0.15) is 5.06 Å². The van der Waals surface area contributed by atoms with Crippen LogP contribution in [0.5, 0.6) is 5.75 Å². The summed E-state index contributed by atoms with van der Waals surface area (Å²) in [5, 5.41) is 2.80. The van der Waals surface area contributed by atoms with Gasteiger partial charge in [0.15, 0.2) is 0 Å². The third-order valence-electron chi connectivity index (χ3n) is 3.78. The van der Waals surface area contributed by atoms with Crippen LogP contribution in [0, 0.1) is 0 Å². The van der Waals surface area contributed by atoms with Crippen LogP contribution in [0.3, 0.4) is 0 Å². The van der Waals surface area contributed by atoms with Gasteiger partial charge in [-0.15, -0.1) is 0 Å². The summed E-state index contributed by atoms with van der Waals surface area (Å²) >= 11 is 6.24. The highest BCUT2D eigenvalue weighted by atomic mass is 35.5. The molecule has 0 radical (unpaired) electrons. The second-order valence-electron chi connectivity index (χ2n) is 5.08. The van der Waals surface area contributed by atoms with Crippen molar-refractivity contribution in [1.29, 1.82) is 0 Å². The van der Waals surface area contributed by atoms with Gasteiger partial charge in [-0.1, -0.05) is 41.9 Å². The lowest BCUT2D eigenvalue weighted by Gasteiger charge is -2.23. The van der Waals surface area contributed by atoms with E-state index in [4.69, 9.17) is 21.2 Å². The molecule has 0 aromatic heterocycles. The Hall–Kier alpha value is -1.55. The number of methoxy groups -OCH3 is 1. The summed E-state index contributed by atoms with van der Waals surface area (Å²) in [6.07, 6.45) is 0.983. The fourth-order valence-electron chi connectivity index (χ4n) is 2.62. The SMILES string of the molecule is COc1ccc(C2CCON2Cc2ccccc2Cl)cc1. The molecule has 1 atom stereocenters. The minimum atomic E-state index is 0.257. The lowest BCUT2D eigenvalue weighted by molar-refractivity contribution is -0.141. The molecule has 3 nitrogen and oxygen atoms in total. The number of rotatable bonds is 4. The largest absolute Gasteiger partial charge is 0.497 e. The number of nitrogens with zero attached hydrogens (tertiary/aromatic N) is 1. The van der Waals surface area contributed by atoms with Gasteiger partial charge in [0.1, 0.15) is 5.75 Å². The molecule has 0 N–H and O–H groups in total. The summed E-state index contributed by atoms with van der Waals surface area (Å²) in [6.45, 7) is 1.43. The maximum Gasteiger partial charge on any atom is 0.118 e. The van der Waals surface area contributed by atoms with Crippen molar-refractivity contribution in [1.82, 2.24) is 5.06 Å². The van der Waals surface area contributed by atoms with Gasteiger partial charge in [0.2, 0.25) is 0 Å². The van der Waals surface area contributed by atoms with Crippen molar-refractivity contribution in [3.63, 3.8) is 0 Å². The highest BCUT2D eigenvalue weighted by Crippen LogP contribution is 2.33. The summed E-state index contributed by atoms with van der Waals surface area (Å²) in [5.41, 5.74) is 2.32. The maximum atomic E-state index is 6.24. The standard InChI is InChI=1S/C17H18ClNO2/c1-20-15-8-6-13(7-9-15)17-10-11-21-19(17)12-14-4-2-3-5-16(14)18/h2-9,17H,10-12H2,1H3. The molecule has 1 fully saturated rings. The van der Waals surface area contributed by atoms with Gasteiger partial charge in [0.25, 0.3) is 0 Å². The van der Waals surface area contributed by atoms with Crippen LogP contribution in [0.4, 0.5) is 0 Å². The van der Waals surface area contributed by atoms with E-state index in [2.05, 4.69) is 12.1 Å². The van der Waals surface area contributed by atoms with E-state index in [0.717, 1.165) is 29.4 Å². The van der Waals surface area contributed by atoms with E-state index in [-0.39, 0.29) is 6.04 Å². The monoisotopic (exact) mass is 303 g/mol. The second kappa shape index (κ2) is 6.48. The van der Waals surface area contributed by atoms with Crippen molar-refractivity contribution in [3.8, 4) is 5.75 Å². The highest BCUT2D eigenvalue weighted by Gasteiger charge is 2.27. The van der Waals surface area contributed by atoms with Crippen molar-refractivity contribution >= 4 is 11.6 Å². The smallest absolute Gasteiger partial charge is 0.118 e. The van der Waals surface area contributed by atoms with E-state index >= 15 is 0 Å². The summed E-state index contributed by atoms with van der Waals surface area (Å²) in [6, 6.07) is 16.3. The molecule has 2 aromatic rings. The van der Waals surface area contributed by atoms with Crippen LogP contribution in [-0.4, -0.2) is 18.8 Å². The lowest BCUT2D eigenvalue weighted by Crippen LogP contribution is -2.21. The molecule has 1 aliphatic rings. The molecule has 110 valence electrons. The number of ether oxygens (including phenoxy) is 1. The summed E-state index contributed by atoms with van der Waals surface area (Å²) in [7, 11) is 1.68. The van der Waals surface area contributed by atoms with Gasteiger partial charge in [0, 0.05) is 5.02 Å². The first-order chi connectivity index (χ1) is 10.3. The third-order valence-corrected chi connectivity index (χ3v) is 4.15. The fourth-order valence-corrected chi connectivity index (χ4v) is 2.82. The second-order valence-corrected chi connectivity index (χ2v) is 5.48. The first kappa shape index (κ1) is 14.4. The zero-order valence-corrected chi connectivity index (χ0v) is 12.7. The van der Waals surface area contributed by atoms with Crippen LogP contribution in [0.2, 0.25) is 5.02 Å². The van der Waals surface area contributed by atoms with Gasteiger partial charge < -0.3 is 4.74 Å². The quantitative estimate of drug-likeness (QED) is 0.844. The predicted octanol–water partition coefficient (Wildman–Crippen LogP) is 4.23. The Bertz CT molecular complexity index is 600. The molecule has 0 saturated carbocycles. The third kappa shape index (κ3) is 3.21. The van der Waals surface area contributed by atoms with Gasteiger partial charge >= 0.3 is 0 Å². The van der Waals surface area contributed by atoms with E-state index in [0.29, 0.717) is 6.54 Å². The molecule has 0 aliphatic carbocycles. The van der Waals surface area contributed by atoms with Crippen LogP contribution in [0.1, 0.15) is 23.6 Å². The van der Waals surface area contributed by atoms with Crippen molar-refractivity contribution in [2.75, 3.05) is 13.7 Å². The van der Waals surface area contributed by atoms with E-state index in [1.54, 1.807) is 7.11 Å². The van der Waals surface area contributed by atoms with Crippen molar-refractivity contribution in [3.05, 3.63) is 64.7 Å². The number of hydrogen-bond acceptors (Lipinski definition) is 3. The van der Waals surface area contributed by atoms with Crippen LogP contribution < -0.4 is 4.74 Å². The number of hydroxylamine groups is 2. The number of benzene rings is 2. The molecular weight excluding hydrogens is 286 g/mol. The minimum absolute atomic E-state index is 0.257. The maximum absolute atomic E-state index is 6.24. The van der Waals surface area contributed by atoms with Gasteiger partial charge in [-0.25, -0.2) is 0 Å². The zero-order valence-electron chi connectivity index (χ0n) is 12.0. The highest BCUT2D eigenvalue weighted by molar-refractivity contribution is 6.31. The molecular formula is C17H18ClNO2. The van der Waals surface area contributed by atoms with Crippen molar-refractivity contribution in [2.24, 2.45) is 0 Å². The molecule has 4 heteroatoms. The molecule has 3 rings (SSSR count). The van der Waals surface area contributed by atoms with E-state index in [1.807, 2.05) is 41.5 Å².